The highest BCUT2D eigenvalue weighted by molar-refractivity contribution is 5.92. The Morgan fingerprint density at radius 2 is 1.96 bits per heavy atom. The van der Waals surface area contributed by atoms with Crippen molar-refractivity contribution in [2.45, 2.75) is 32.2 Å². The molecule has 1 aromatic heterocycles. The molecule has 5 rings (SSSR count). The number of hydrogen-bond acceptors (Lipinski definition) is 3. The molecule has 0 unspecified atom stereocenters. The van der Waals surface area contributed by atoms with Gasteiger partial charge in [0.05, 0.1) is 0 Å². The van der Waals surface area contributed by atoms with Crippen LogP contribution in [0, 0.1) is 0 Å². The highest BCUT2D eigenvalue weighted by Crippen LogP contribution is 2.33. The van der Waals surface area contributed by atoms with Gasteiger partial charge in [-0.15, -0.1) is 0 Å². The van der Waals surface area contributed by atoms with E-state index in [1.54, 1.807) is 12.2 Å². The molecule has 1 aliphatic carbocycles. The number of aromatic nitrogens is 1. The predicted octanol–water partition coefficient (Wildman–Crippen LogP) is 4.11. The maximum absolute atomic E-state index is 12.2. The van der Waals surface area contributed by atoms with Crippen LogP contribution in [0.1, 0.15) is 35.2 Å². The van der Waals surface area contributed by atoms with E-state index >= 15 is 0 Å². The van der Waals surface area contributed by atoms with E-state index in [4.69, 9.17) is 9.47 Å². The highest BCUT2D eigenvalue weighted by Gasteiger charge is 2.15. The molecule has 0 spiro atoms. The predicted molar refractivity (Wildman–Crippen MR) is 108 cm³/mol. The summed E-state index contributed by atoms with van der Waals surface area (Å²) in [5.41, 5.74) is 6.06. The minimum Gasteiger partial charge on any atom is -0.454 e. The zero-order valence-corrected chi connectivity index (χ0v) is 15.6. The number of hydrogen-bond donors (Lipinski definition) is 2. The fourth-order valence-electron chi connectivity index (χ4n) is 4.00. The number of benzene rings is 2. The monoisotopic (exact) mass is 374 g/mol. The van der Waals surface area contributed by atoms with Gasteiger partial charge in [-0.3, -0.25) is 4.79 Å². The lowest BCUT2D eigenvalue weighted by Crippen LogP contribution is -2.20. The number of fused-ring (bicyclic) bond motifs is 4. The van der Waals surface area contributed by atoms with E-state index in [9.17, 15) is 4.79 Å². The first-order chi connectivity index (χ1) is 13.8. The maximum atomic E-state index is 12.2. The van der Waals surface area contributed by atoms with Gasteiger partial charge in [0.2, 0.25) is 12.7 Å². The van der Waals surface area contributed by atoms with Gasteiger partial charge in [0.25, 0.3) is 0 Å². The number of nitrogens with one attached hydrogen (secondary N) is 2. The molecule has 142 valence electrons. The fourth-order valence-corrected chi connectivity index (χ4v) is 4.00. The lowest BCUT2D eigenvalue weighted by atomic mass is 9.95. The summed E-state index contributed by atoms with van der Waals surface area (Å²) >= 11 is 0. The van der Waals surface area contributed by atoms with Crippen LogP contribution < -0.4 is 14.8 Å². The first kappa shape index (κ1) is 16.9. The van der Waals surface area contributed by atoms with Gasteiger partial charge >= 0.3 is 0 Å². The van der Waals surface area contributed by atoms with E-state index in [2.05, 4.69) is 28.5 Å². The molecule has 3 aromatic rings. The zero-order valence-electron chi connectivity index (χ0n) is 15.6. The van der Waals surface area contributed by atoms with Crippen LogP contribution in [-0.2, 0) is 24.2 Å². The normalized spacial score (nSPS) is 15.1. The number of carbonyl (C=O) groups is 1. The van der Waals surface area contributed by atoms with E-state index in [1.165, 1.54) is 35.0 Å². The molecule has 0 saturated heterocycles. The lowest BCUT2D eigenvalue weighted by molar-refractivity contribution is -0.116. The Morgan fingerprint density at radius 1 is 1.07 bits per heavy atom. The summed E-state index contributed by atoms with van der Waals surface area (Å²) in [5.74, 6) is 1.34. The third-order valence-electron chi connectivity index (χ3n) is 5.45. The molecular weight excluding hydrogens is 352 g/mol. The van der Waals surface area contributed by atoms with Gasteiger partial charge < -0.3 is 19.8 Å². The van der Waals surface area contributed by atoms with Crippen molar-refractivity contribution in [2.24, 2.45) is 0 Å². The summed E-state index contributed by atoms with van der Waals surface area (Å²) in [5, 5.41) is 4.27. The number of H-pyrrole nitrogens is 1. The Morgan fingerprint density at radius 3 is 2.93 bits per heavy atom. The number of amides is 1. The first-order valence-electron chi connectivity index (χ1n) is 9.74. The number of aromatic amines is 1. The van der Waals surface area contributed by atoms with Crippen molar-refractivity contribution >= 4 is 22.9 Å². The average Bonchev–Trinajstić information content (AvgIpc) is 3.34. The largest absolute Gasteiger partial charge is 0.454 e. The van der Waals surface area contributed by atoms with E-state index in [1.807, 2.05) is 18.2 Å². The molecule has 2 aromatic carbocycles. The second kappa shape index (κ2) is 7.08. The second-order valence-electron chi connectivity index (χ2n) is 7.33. The van der Waals surface area contributed by atoms with Gasteiger partial charge in [-0.2, -0.15) is 0 Å². The molecule has 0 radical (unpaired) electrons. The summed E-state index contributed by atoms with van der Waals surface area (Å²) in [6, 6.07) is 12.0. The van der Waals surface area contributed by atoms with Crippen molar-refractivity contribution in [1.82, 2.24) is 10.3 Å². The van der Waals surface area contributed by atoms with E-state index in [0.29, 0.717) is 12.3 Å². The van der Waals surface area contributed by atoms with Crippen molar-refractivity contribution in [2.75, 3.05) is 6.79 Å². The van der Waals surface area contributed by atoms with Crippen LogP contribution in [0.25, 0.3) is 17.0 Å². The minimum absolute atomic E-state index is 0.117. The second-order valence-corrected chi connectivity index (χ2v) is 7.33. The van der Waals surface area contributed by atoms with Crippen molar-refractivity contribution in [3.05, 3.63) is 64.9 Å². The van der Waals surface area contributed by atoms with E-state index in [-0.39, 0.29) is 12.7 Å². The third-order valence-corrected chi connectivity index (χ3v) is 5.45. The van der Waals surface area contributed by atoms with Crippen LogP contribution in [-0.4, -0.2) is 17.7 Å². The molecule has 1 amide bonds. The number of ether oxygens (including phenoxy) is 2. The summed E-state index contributed by atoms with van der Waals surface area (Å²) in [4.78, 5) is 15.8. The number of rotatable bonds is 4. The van der Waals surface area contributed by atoms with Crippen LogP contribution in [0.4, 0.5) is 0 Å². The highest BCUT2D eigenvalue weighted by atomic mass is 16.7. The Bertz CT molecular complexity index is 1080. The smallest absolute Gasteiger partial charge is 0.244 e. The molecule has 2 heterocycles. The van der Waals surface area contributed by atoms with Crippen LogP contribution in [0.3, 0.4) is 0 Å². The quantitative estimate of drug-likeness (QED) is 0.676. The lowest BCUT2D eigenvalue weighted by Gasteiger charge is -2.10. The van der Waals surface area contributed by atoms with Gasteiger partial charge in [0.1, 0.15) is 0 Å². The molecule has 2 N–H and O–H groups in total. The number of carbonyl (C=O) groups excluding carboxylic acids is 1. The Labute approximate surface area is 163 Å². The molecule has 28 heavy (non-hydrogen) atoms. The molecule has 5 heteroatoms. The van der Waals surface area contributed by atoms with Crippen molar-refractivity contribution in [3.63, 3.8) is 0 Å². The third kappa shape index (κ3) is 3.24. The van der Waals surface area contributed by atoms with Gasteiger partial charge in [-0.25, -0.2) is 0 Å². The van der Waals surface area contributed by atoms with Crippen molar-refractivity contribution < 1.29 is 14.3 Å². The molecule has 1 aliphatic heterocycles. The van der Waals surface area contributed by atoms with E-state index < -0.39 is 0 Å². The Hall–Kier alpha value is -3.21. The summed E-state index contributed by atoms with van der Waals surface area (Å²) in [6.07, 6.45) is 8.13. The molecule has 0 atom stereocenters. The zero-order chi connectivity index (χ0) is 18.9. The van der Waals surface area contributed by atoms with E-state index in [0.717, 1.165) is 29.7 Å². The maximum Gasteiger partial charge on any atom is 0.244 e. The van der Waals surface area contributed by atoms with Gasteiger partial charge in [0.15, 0.2) is 11.5 Å². The molecule has 5 nitrogen and oxygen atoms in total. The van der Waals surface area contributed by atoms with Crippen molar-refractivity contribution in [3.8, 4) is 11.5 Å². The Kier molecular flexibility index (Phi) is 4.28. The topological polar surface area (TPSA) is 63.4 Å². The average molecular weight is 374 g/mol. The fraction of sp³-hybridized carbons (Fsp3) is 0.261. The van der Waals surface area contributed by atoms with Gasteiger partial charge in [-0.05, 0) is 72.7 Å². The van der Waals surface area contributed by atoms with Crippen LogP contribution in [0.15, 0.2) is 42.5 Å². The molecular formula is C23H22N2O3. The molecule has 0 fully saturated rings. The summed E-state index contributed by atoms with van der Waals surface area (Å²) < 4.78 is 10.7. The van der Waals surface area contributed by atoms with Crippen LogP contribution in [0.2, 0.25) is 0 Å². The van der Waals surface area contributed by atoms with Crippen LogP contribution >= 0.6 is 0 Å². The van der Waals surface area contributed by atoms with Gasteiger partial charge in [-0.1, -0.05) is 12.1 Å². The SMILES string of the molecule is O=C(C=Cc1ccc2c(c1)OCO2)NCc1ccc2[nH]c3c(c2c1)CCCC3. The standard InChI is InChI=1S/C23H22N2O3/c26-23(10-7-15-6-9-21-22(12-15)28-14-27-21)24-13-16-5-8-20-18(11-16)17-3-1-2-4-19(17)25-20/h5-12,25H,1-4,13-14H2,(H,24,26). The first-order valence-corrected chi connectivity index (χ1v) is 9.74. The Balaban J connectivity index is 1.25. The minimum atomic E-state index is -0.117. The molecule has 2 aliphatic rings. The van der Waals surface area contributed by atoms with Crippen LogP contribution in [0.5, 0.6) is 11.5 Å². The number of aryl methyl sites for hydroxylation is 2. The van der Waals surface area contributed by atoms with Crippen molar-refractivity contribution in [1.29, 1.82) is 0 Å². The molecule has 0 bridgehead atoms. The van der Waals surface area contributed by atoms with Gasteiger partial charge in [0, 0.05) is 29.2 Å². The molecule has 0 saturated carbocycles. The summed E-state index contributed by atoms with van der Waals surface area (Å²) in [7, 11) is 0. The summed E-state index contributed by atoms with van der Waals surface area (Å²) in [6.45, 7) is 0.762.